The van der Waals surface area contributed by atoms with Crippen LogP contribution < -0.4 is 0 Å². The lowest BCUT2D eigenvalue weighted by Crippen LogP contribution is -2.29. The fourth-order valence-corrected chi connectivity index (χ4v) is 6.30. The average Bonchev–Trinajstić information content (AvgIpc) is 3.09. The van der Waals surface area contributed by atoms with E-state index >= 15 is 0 Å². The van der Waals surface area contributed by atoms with Crippen molar-refractivity contribution in [3.63, 3.8) is 0 Å². The van der Waals surface area contributed by atoms with Crippen molar-refractivity contribution in [2.45, 2.75) is 25.7 Å². The van der Waals surface area contributed by atoms with Gasteiger partial charge in [0.15, 0.2) is 0 Å². The molecule has 1 saturated carbocycles. The van der Waals surface area contributed by atoms with E-state index in [0.29, 0.717) is 16.5 Å². The summed E-state index contributed by atoms with van der Waals surface area (Å²) in [5.41, 5.74) is 9.63. The van der Waals surface area contributed by atoms with Crippen molar-refractivity contribution in [1.82, 2.24) is 0 Å². The van der Waals surface area contributed by atoms with E-state index in [0.717, 1.165) is 25.7 Å². The minimum atomic E-state index is -4.31. The van der Waals surface area contributed by atoms with Crippen LogP contribution in [0.2, 0.25) is 5.02 Å². The second-order valence-corrected chi connectivity index (χ2v) is 10.9. The maximum atomic E-state index is 12.3. The minimum absolute atomic E-state index is 0.324. The summed E-state index contributed by atoms with van der Waals surface area (Å²) in [7, 11) is -8.57. The van der Waals surface area contributed by atoms with E-state index in [1.165, 1.54) is 18.2 Å². The summed E-state index contributed by atoms with van der Waals surface area (Å²) in [6, 6.07) is 6.81. The van der Waals surface area contributed by atoms with Crippen molar-refractivity contribution in [2.24, 2.45) is 5.92 Å². The molecule has 0 spiro atoms. The molecule has 0 heterocycles. The van der Waals surface area contributed by atoms with Crippen molar-refractivity contribution in [3.8, 4) is 0 Å². The lowest BCUT2D eigenvalue weighted by molar-refractivity contribution is 0.00385. The highest BCUT2D eigenvalue weighted by Crippen LogP contribution is 2.25. The summed E-state index contributed by atoms with van der Waals surface area (Å²) in [4.78, 5) is 2.57. The van der Waals surface area contributed by atoms with E-state index in [9.17, 15) is 16.8 Å². The first-order chi connectivity index (χ1) is 12.8. The molecule has 1 aromatic carbocycles. The van der Waals surface area contributed by atoms with Gasteiger partial charge in [-0.2, -0.15) is 0 Å². The van der Waals surface area contributed by atoms with Gasteiger partial charge in [0.05, 0.1) is 11.5 Å². The maximum absolute atomic E-state index is 12.3. The number of nitrogens with zero attached hydrogens (tertiary/aromatic N) is 2. The van der Waals surface area contributed by atoms with Gasteiger partial charge in [0, 0.05) is 5.02 Å². The van der Waals surface area contributed by atoms with Gasteiger partial charge in [-0.15, -0.1) is 4.79 Å². The lowest BCUT2D eigenvalue weighted by atomic mass is 10.1. The lowest BCUT2D eigenvalue weighted by Gasteiger charge is -2.01. The van der Waals surface area contributed by atoms with E-state index in [1.54, 1.807) is 30.3 Å². The Balaban J connectivity index is 2.09. The third-order valence-electron chi connectivity index (χ3n) is 4.26. The Morgan fingerprint density at radius 2 is 1.67 bits per heavy atom. The fourth-order valence-electron chi connectivity index (χ4n) is 2.90. The topological polar surface area (TPSA) is 105 Å². The van der Waals surface area contributed by atoms with Crippen molar-refractivity contribution >= 4 is 41.7 Å². The largest absolute Gasteiger partial charge is 0.495 e. The smallest absolute Gasteiger partial charge is 0.359 e. The van der Waals surface area contributed by atoms with E-state index in [2.05, 4.69) is 4.79 Å². The Labute approximate surface area is 165 Å². The first-order valence-corrected chi connectivity index (χ1v) is 12.2. The first kappa shape index (κ1) is 21.6. The van der Waals surface area contributed by atoms with Gasteiger partial charge >= 0.3 is 4.38 Å². The summed E-state index contributed by atoms with van der Waals surface area (Å²) < 4.78 is 48.0. The Bertz CT molecular complexity index is 986. The van der Waals surface area contributed by atoms with Gasteiger partial charge in [-0.1, -0.05) is 66.9 Å². The molecule has 1 aliphatic carbocycles. The zero-order chi connectivity index (χ0) is 19.9. The van der Waals surface area contributed by atoms with Crippen LogP contribution in [0, 0.1) is 5.92 Å². The van der Waals surface area contributed by atoms with E-state index in [1.807, 2.05) is 0 Å². The normalized spacial score (nSPS) is 16.2. The molecular weight excluding hydrogens is 408 g/mol. The van der Waals surface area contributed by atoms with Crippen LogP contribution in [0.4, 0.5) is 0 Å². The van der Waals surface area contributed by atoms with Gasteiger partial charge in [0.25, 0.3) is 19.7 Å². The molecule has 1 fully saturated rings. The number of hydrogen-bond acceptors (Lipinski definition) is 4. The summed E-state index contributed by atoms with van der Waals surface area (Å²) in [5, 5.41) is 0.437. The quantitative estimate of drug-likeness (QED) is 0.227. The van der Waals surface area contributed by atoms with Gasteiger partial charge < -0.3 is 5.53 Å². The van der Waals surface area contributed by atoms with Crippen molar-refractivity contribution in [1.29, 1.82) is 0 Å². The summed E-state index contributed by atoms with van der Waals surface area (Å²) in [5.74, 6) is -0.815. The number of rotatable bonds is 6. The molecule has 0 saturated heterocycles. The summed E-state index contributed by atoms with van der Waals surface area (Å²) >= 11 is 5.98. The number of benzene rings is 1. The molecule has 27 heavy (non-hydrogen) atoms. The molecule has 2 rings (SSSR count). The van der Waals surface area contributed by atoms with E-state index in [-0.39, 0.29) is 0 Å². The van der Waals surface area contributed by atoms with Gasteiger partial charge in [0.1, 0.15) is 0 Å². The Hall–Kier alpha value is -1.73. The molecule has 0 unspecified atom stereocenters. The van der Waals surface area contributed by atoms with Gasteiger partial charge in [-0.3, -0.25) is 0 Å². The minimum Gasteiger partial charge on any atom is -0.359 e. The zero-order valence-corrected chi connectivity index (χ0v) is 17.0. The van der Waals surface area contributed by atoms with Crippen molar-refractivity contribution in [2.75, 3.05) is 11.5 Å². The Kier molecular flexibility index (Phi) is 7.56. The SMILES string of the molecule is [N-]=[N+]=C(S(=O)(=O)CC=Cc1ccccc1Cl)S(=O)(=O)CC=CC1CCCC1. The molecule has 0 atom stereocenters. The molecule has 1 aromatic rings. The molecular formula is C18H21ClN2O4S2. The highest BCUT2D eigenvalue weighted by Gasteiger charge is 2.39. The number of hydrogen-bond donors (Lipinski definition) is 0. The van der Waals surface area contributed by atoms with E-state index in [4.69, 9.17) is 17.1 Å². The molecule has 0 N–H and O–H groups in total. The number of allylic oxidation sites excluding steroid dienone is 1. The van der Waals surface area contributed by atoms with Crippen LogP contribution >= 0.6 is 11.6 Å². The molecule has 0 amide bonds. The molecule has 146 valence electrons. The van der Waals surface area contributed by atoms with Crippen LogP contribution in [-0.2, 0) is 19.7 Å². The second-order valence-electron chi connectivity index (χ2n) is 6.33. The van der Waals surface area contributed by atoms with E-state index < -0.39 is 35.6 Å². The summed E-state index contributed by atoms with van der Waals surface area (Å²) in [6.45, 7) is 0. The van der Waals surface area contributed by atoms with Gasteiger partial charge in [0.2, 0.25) is 0 Å². The maximum Gasteiger partial charge on any atom is 0.495 e. The highest BCUT2D eigenvalue weighted by molar-refractivity contribution is 8.31. The Morgan fingerprint density at radius 3 is 2.26 bits per heavy atom. The molecule has 0 aliphatic heterocycles. The second kappa shape index (κ2) is 9.46. The van der Waals surface area contributed by atoms with Crippen LogP contribution in [-0.4, -0.2) is 37.5 Å². The van der Waals surface area contributed by atoms with Crippen molar-refractivity contribution in [3.05, 3.63) is 58.6 Å². The average molecular weight is 429 g/mol. The fraction of sp³-hybridized carbons (Fsp3) is 0.389. The number of sulfone groups is 2. The molecule has 0 aromatic heterocycles. The number of halogens is 1. The predicted octanol–water partition coefficient (Wildman–Crippen LogP) is 3.52. The highest BCUT2D eigenvalue weighted by atomic mass is 35.5. The summed E-state index contributed by atoms with van der Waals surface area (Å²) in [6.07, 6.45) is 10.2. The van der Waals surface area contributed by atoms with Crippen LogP contribution in [0.1, 0.15) is 31.2 Å². The molecule has 9 heteroatoms. The van der Waals surface area contributed by atoms with Crippen molar-refractivity contribution < 1.29 is 21.6 Å². The molecule has 6 nitrogen and oxygen atoms in total. The predicted molar refractivity (Wildman–Crippen MR) is 108 cm³/mol. The first-order valence-electron chi connectivity index (χ1n) is 8.51. The standard InChI is InChI=1S/C18H21ClN2O4S2/c19-17-12-4-3-10-16(17)11-6-14-27(24,25)18(21-20)26(22,23)13-5-9-15-7-1-2-8-15/h3-6,9-12,15H,1-2,7-8,13-14H2. The van der Waals surface area contributed by atoms with Crippen LogP contribution in [0.3, 0.4) is 0 Å². The molecule has 0 radical (unpaired) electrons. The van der Waals surface area contributed by atoms with Gasteiger partial charge in [-0.05, 0) is 30.4 Å². The monoisotopic (exact) mass is 428 g/mol. The van der Waals surface area contributed by atoms with Crippen LogP contribution in [0.25, 0.3) is 11.6 Å². The van der Waals surface area contributed by atoms with Crippen LogP contribution in [0.15, 0.2) is 42.5 Å². The third-order valence-corrected chi connectivity index (χ3v) is 8.61. The third kappa shape index (κ3) is 6.14. The Morgan fingerprint density at radius 1 is 1.07 bits per heavy atom. The molecule has 0 bridgehead atoms. The zero-order valence-electron chi connectivity index (χ0n) is 14.7. The van der Waals surface area contributed by atoms with Crippen LogP contribution in [0.5, 0.6) is 0 Å². The molecule has 1 aliphatic rings. The van der Waals surface area contributed by atoms with Gasteiger partial charge in [-0.25, -0.2) is 16.8 Å².